The number of aromatic nitrogens is 2. The van der Waals surface area contributed by atoms with Crippen molar-refractivity contribution in [3.8, 4) is 22.5 Å². The summed E-state index contributed by atoms with van der Waals surface area (Å²) in [7, 11) is -0.270. The molecule has 2 heterocycles. The first kappa shape index (κ1) is 35.3. The molecule has 0 bridgehead atoms. The third-order valence-corrected chi connectivity index (χ3v) is 9.59. The number of nitrogens with zero attached hydrogens (tertiary/aromatic N) is 3. The zero-order valence-electron chi connectivity index (χ0n) is 28.2. The lowest BCUT2D eigenvalue weighted by Crippen LogP contribution is -2.27. The molecule has 0 spiro atoms. The highest BCUT2D eigenvalue weighted by Crippen LogP contribution is 2.48. The maximum absolute atomic E-state index is 14.0. The fraction of sp³-hybridized carbons (Fsp3) is 0.216. The van der Waals surface area contributed by atoms with Crippen LogP contribution in [-0.2, 0) is 0 Å². The number of nitrogens with one attached hydrogen (secondary N) is 1. The van der Waals surface area contributed by atoms with Crippen molar-refractivity contribution in [3.63, 3.8) is 0 Å². The summed E-state index contributed by atoms with van der Waals surface area (Å²) in [5.74, 6) is -0.571. The van der Waals surface area contributed by atoms with Crippen LogP contribution in [0.15, 0.2) is 88.1 Å². The van der Waals surface area contributed by atoms with Crippen molar-refractivity contribution in [1.29, 1.82) is 0 Å². The zero-order chi connectivity index (χ0) is 35.8. The highest BCUT2D eigenvalue weighted by molar-refractivity contribution is 8.24. The topological polar surface area (TPSA) is 121 Å². The normalized spacial score (nSPS) is 12.4. The molecule has 0 aliphatic heterocycles. The largest absolute Gasteiger partial charge is 0.455 e. The predicted molar refractivity (Wildman–Crippen MR) is 193 cm³/mol. The van der Waals surface area contributed by atoms with Gasteiger partial charge in [-0.2, -0.15) is 0 Å². The number of aryl methyl sites for hydroxylation is 1. The molecule has 1 atom stereocenters. The SMILES string of the molecule is CC.CNC(=O)c1c(-c2ccc(F)cc2)oc2cc(N(C)S(C)(O)O)c(-c3ccc4nc(C)n([C@H](C)c5ccc(F)cc5)c(=O)c4c3)cc12. The van der Waals surface area contributed by atoms with E-state index < -0.39 is 28.5 Å². The van der Waals surface area contributed by atoms with Crippen molar-refractivity contribution in [2.24, 2.45) is 0 Å². The number of hydrogen-bond acceptors (Lipinski definition) is 7. The fourth-order valence-electron chi connectivity index (χ4n) is 5.79. The minimum atomic E-state index is -3.28. The fourth-order valence-corrected chi connectivity index (χ4v) is 6.31. The number of anilines is 1. The van der Waals surface area contributed by atoms with E-state index >= 15 is 0 Å². The van der Waals surface area contributed by atoms with Crippen molar-refractivity contribution in [1.82, 2.24) is 14.9 Å². The number of amides is 1. The van der Waals surface area contributed by atoms with E-state index in [9.17, 15) is 27.5 Å². The molecular formula is C37H38F2N4O5S. The molecule has 0 radical (unpaired) electrons. The minimum absolute atomic E-state index is 0.209. The Bertz CT molecular complexity index is 2230. The highest BCUT2D eigenvalue weighted by Gasteiger charge is 2.26. The Morgan fingerprint density at radius 1 is 0.939 bits per heavy atom. The second-order valence-corrected chi connectivity index (χ2v) is 13.5. The Kier molecular flexibility index (Phi) is 9.95. The van der Waals surface area contributed by atoms with Crippen LogP contribution in [0.4, 0.5) is 14.5 Å². The van der Waals surface area contributed by atoms with E-state index in [-0.39, 0.29) is 28.3 Å². The zero-order valence-corrected chi connectivity index (χ0v) is 29.0. The molecule has 9 nitrogen and oxygen atoms in total. The summed E-state index contributed by atoms with van der Waals surface area (Å²) in [5, 5.41) is 3.37. The van der Waals surface area contributed by atoms with Crippen molar-refractivity contribution in [2.45, 2.75) is 33.7 Å². The second kappa shape index (κ2) is 13.8. The van der Waals surface area contributed by atoms with Gasteiger partial charge in [-0.1, -0.05) is 32.0 Å². The molecule has 1 amide bonds. The number of halogens is 2. The highest BCUT2D eigenvalue weighted by atomic mass is 32.3. The van der Waals surface area contributed by atoms with Gasteiger partial charge >= 0.3 is 0 Å². The maximum Gasteiger partial charge on any atom is 0.261 e. The number of hydrogen-bond donors (Lipinski definition) is 3. The minimum Gasteiger partial charge on any atom is -0.455 e. The summed E-state index contributed by atoms with van der Waals surface area (Å²) in [6.45, 7) is 7.57. The summed E-state index contributed by atoms with van der Waals surface area (Å²) in [4.78, 5) is 32.0. The molecule has 6 aromatic rings. The van der Waals surface area contributed by atoms with Gasteiger partial charge in [0.2, 0.25) is 0 Å². The van der Waals surface area contributed by atoms with Crippen LogP contribution < -0.4 is 15.2 Å². The molecule has 6 rings (SSSR count). The molecule has 3 N–H and O–H groups in total. The summed E-state index contributed by atoms with van der Waals surface area (Å²) in [5.41, 5.74) is 3.24. The quantitative estimate of drug-likeness (QED) is 0.153. The van der Waals surface area contributed by atoms with Gasteiger partial charge < -0.3 is 9.73 Å². The van der Waals surface area contributed by atoms with Crippen LogP contribution in [0.3, 0.4) is 0 Å². The van der Waals surface area contributed by atoms with E-state index in [4.69, 9.17) is 4.42 Å². The van der Waals surface area contributed by atoms with Gasteiger partial charge in [-0.05, 0) is 79.6 Å². The molecule has 2 aromatic heterocycles. The lowest BCUT2D eigenvalue weighted by molar-refractivity contribution is 0.0964. The Morgan fingerprint density at radius 3 is 2.12 bits per heavy atom. The average Bonchev–Trinajstić information content (AvgIpc) is 3.46. The Hall–Kier alpha value is -5.04. The molecule has 256 valence electrons. The molecule has 0 aliphatic carbocycles. The smallest absolute Gasteiger partial charge is 0.261 e. The van der Waals surface area contributed by atoms with Crippen LogP contribution in [0.25, 0.3) is 44.3 Å². The molecule has 0 saturated carbocycles. The standard InChI is InChI=1S/C35H32F2N4O5S.C2H6/c1-19(21-6-11-24(36)12-7-21)41-20(2)39-29-15-10-23(16-27(29)35(41)43)26-17-28-31(18-30(26)40(4)47(5,44)45)46-33(32(28)34(42)38-3)22-8-13-25(37)14-9-22;1-2/h6-19,44-45H,1-5H3,(H,38,42);1-2H3/t19-;/m1./s1. The lowest BCUT2D eigenvalue weighted by atomic mass is 9.97. The van der Waals surface area contributed by atoms with E-state index in [0.29, 0.717) is 44.5 Å². The van der Waals surface area contributed by atoms with Crippen LogP contribution in [0.5, 0.6) is 0 Å². The van der Waals surface area contributed by atoms with Gasteiger partial charge in [0.25, 0.3) is 11.5 Å². The summed E-state index contributed by atoms with van der Waals surface area (Å²) in [6.07, 6.45) is 1.28. The molecule has 0 unspecified atom stereocenters. The van der Waals surface area contributed by atoms with Gasteiger partial charge in [0.15, 0.2) is 0 Å². The van der Waals surface area contributed by atoms with Crippen LogP contribution >= 0.6 is 10.8 Å². The molecule has 4 aromatic carbocycles. The van der Waals surface area contributed by atoms with Crippen molar-refractivity contribution < 1.29 is 27.1 Å². The molecule has 0 saturated heterocycles. The monoisotopic (exact) mass is 688 g/mol. The Morgan fingerprint density at radius 2 is 1.53 bits per heavy atom. The first-order valence-electron chi connectivity index (χ1n) is 15.6. The van der Waals surface area contributed by atoms with Gasteiger partial charge in [0.05, 0.1) is 28.2 Å². The number of rotatable bonds is 7. The van der Waals surface area contributed by atoms with Crippen molar-refractivity contribution >= 4 is 44.2 Å². The molecule has 12 heteroatoms. The summed E-state index contributed by atoms with van der Waals surface area (Å²) < 4.78 is 57.8. The van der Waals surface area contributed by atoms with E-state index in [2.05, 4.69) is 10.3 Å². The lowest BCUT2D eigenvalue weighted by Gasteiger charge is -2.39. The maximum atomic E-state index is 14.0. The van der Waals surface area contributed by atoms with E-state index in [1.165, 1.54) is 61.1 Å². The van der Waals surface area contributed by atoms with Crippen LogP contribution in [0, 0.1) is 18.6 Å². The predicted octanol–water partition coefficient (Wildman–Crippen LogP) is 8.79. The average molecular weight is 689 g/mol. The van der Waals surface area contributed by atoms with Crippen molar-refractivity contribution in [3.05, 3.63) is 118 Å². The molecule has 49 heavy (non-hydrogen) atoms. The summed E-state index contributed by atoms with van der Waals surface area (Å²) >= 11 is 0. The van der Waals surface area contributed by atoms with E-state index in [1.54, 1.807) is 54.0 Å². The van der Waals surface area contributed by atoms with Crippen molar-refractivity contribution in [2.75, 3.05) is 24.7 Å². The third kappa shape index (κ3) is 6.67. The van der Waals surface area contributed by atoms with Crippen LogP contribution in [0.1, 0.15) is 48.6 Å². The first-order chi connectivity index (χ1) is 23.3. The number of carbonyl (C=O) groups is 1. The first-order valence-corrected chi connectivity index (χ1v) is 17.5. The molecular weight excluding hydrogens is 650 g/mol. The summed E-state index contributed by atoms with van der Waals surface area (Å²) in [6, 6.07) is 19.5. The number of furan rings is 1. The van der Waals surface area contributed by atoms with Crippen LogP contribution in [0.2, 0.25) is 0 Å². The van der Waals surface area contributed by atoms with Gasteiger partial charge in [0, 0.05) is 42.9 Å². The van der Waals surface area contributed by atoms with E-state index in [0.717, 1.165) is 5.56 Å². The molecule has 0 fully saturated rings. The number of benzene rings is 4. The third-order valence-electron chi connectivity index (χ3n) is 8.35. The second-order valence-electron chi connectivity index (χ2n) is 11.3. The van der Waals surface area contributed by atoms with Gasteiger partial charge in [-0.25, -0.2) is 13.8 Å². The molecule has 0 aliphatic rings. The van der Waals surface area contributed by atoms with Crippen LogP contribution in [-0.4, -0.2) is 44.9 Å². The van der Waals surface area contributed by atoms with Gasteiger partial charge in [-0.15, -0.1) is 10.8 Å². The van der Waals surface area contributed by atoms with E-state index in [1.807, 2.05) is 20.8 Å². The number of fused-ring (bicyclic) bond motifs is 2. The van der Waals surface area contributed by atoms with Gasteiger partial charge in [-0.3, -0.25) is 27.6 Å². The number of carbonyl (C=O) groups excluding carboxylic acids is 1. The Labute approximate surface area is 284 Å². The Balaban J connectivity index is 0.00000230. The van der Waals surface area contributed by atoms with Gasteiger partial charge in [0.1, 0.15) is 28.8 Å².